The van der Waals surface area contributed by atoms with Crippen molar-refractivity contribution in [3.8, 4) is 0 Å². The number of aromatic nitrogens is 2. The van der Waals surface area contributed by atoms with Gasteiger partial charge in [0.1, 0.15) is 4.90 Å². The summed E-state index contributed by atoms with van der Waals surface area (Å²) in [6, 6.07) is 7.47. The lowest BCUT2D eigenvalue weighted by Gasteiger charge is -2.08. The summed E-state index contributed by atoms with van der Waals surface area (Å²) in [5, 5.41) is 9.61. The van der Waals surface area contributed by atoms with E-state index < -0.39 is 10.0 Å². The molecule has 2 heterocycles. The van der Waals surface area contributed by atoms with Crippen LogP contribution in [0.25, 0.3) is 10.1 Å². The Bertz CT molecular complexity index is 859. The second-order valence-corrected chi connectivity index (χ2v) is 7.11. The molecule has 0 radical (unpaired) electrons. The average molecular weight is 307 g/mol. The van der Waals surface area contributed by atoms with E-state index >= 15 is 0 Å². The third kappa shape index (κ3) is 2.19. The van der Waals surface area contributed by atoms with Crippen molar-refractivity contribution in [2.45, 2.75) is 18.7 Å². The average Bonchev–Trinajstić information content (AvgIpc) is 2.95. The van der Waals surface area contributed by atoms with Crippen LogP contribution in [0.2, 0.25) is 0 Å². The zero-order valence-corrected chi connectivity index (χ0v) is 12.6. The molecule has 0 spiro atoms. The number of benzene rings is 1. The number of aryl methyl sites for hydroxylation is 2. The van der Waals surface area contributed by atoms with Crippen LogP contribution in [0.5, 0.6) is 0 Å². The molecule has 0 aliphatic heterocycles. The van der Waals surface area contributed by atoms with Gasteiger partial charge in [0.25, 0.3) is 10.0 Å². The highest BCUT2D eigenvalue weighted by Gasteiger charge is 2.22. The normalized spacial score (nSPS) is 11.9. The van der Waals surface area contributed by atoms with Gasteiger partial charge in [-0.2, -0.15) is 5.10 Å². The standard InChI is InChI=1S/C13H13N3O2S2/c1-8-13(9(2)15-14-8)20(17,18)16-11-3-4-12-10(7-11)5-6-19-12/h3-7,16H,1-2H3,(H,14,15). The lowest BCUT2D eigenvalue weighted by molar-refractivity contribution is 0.600. The van der Waals surface area contributed by atoms with Crippen LogP contribution in [0, 0.1) is 13.8 Å². The predicted molar refractivity (Wildman–Crippen MR) is 80.7 cm³/mol. The van der Waals surface area contributed by atoms with Gasteiger partial charge in [0.05, 0.1) is 11.4 Å². The molecule has 20 heavy (non-hydrogen) atoms. The van der Waals surface area contributed by atoms with Crippen molar-refractivity contribution < 1.29 is 8.42 Å². The maximum atomic E-state index is 12.4. The molecule has 0 fully saturated rings. The summed E-state index contributed by atoms with van der Waals surface area (Å²) < 4.78 is 28.5. The highest BCUT2D eigenvalue weighted by molar-refractivity contribution is 7.92. The number of nitrogens with one attached hydrogen (secondary N) is 2. The summed E-state index contributed by atoms with van der Waals surface area (Å²) in [5.74, 6) is 0. The molecule has 0 atom stereocenters. The summed E-state index contributed by atoms with van der Waals surface area (Å²) >= 11 is 1.62. The Balaban J connectivity index is 2.01. The lowest BCUT2D eigenvalue weighted by atomic mass is 10.2. The van der Waals surface area contributed by atoms with Crippen LogP contribution in [-0.2, 0) is 10.0 Å². The summed E-state index contributed by atoms with van der Waals surface area (Å²) in [6.07, 6.45) is 0. The van der Waals surface area contributed by atoms with Gasteiger partial charge >= 0.3 is 0 Å². The van der Waals surface area contributed by atoms with E-state index in [1.807, 2.05) is 23.6 Å². The highest BCUT2D eigenvalue weighted by Crippen LogP contribution is 2.26. The fraction of sp³-hybridized carbons (Fsp3) is 0.154. The third-order valence-corrected chi connectivity index (χ3v) is 5.58. The molecular formula is C13H13N3O2S2. The van der Waals surface area contributed by atoms with Crippen LogP contribution in [-0.4, -0.2) is 18.6 Å². The van der Waals surface area contributed by atoms with E-state index in [1.54, 1.807) is 31.3 Å². The Kier molecular flexibility index (Phi) is 3.02. The van der Waals surface area contributed by atoms with Gasteiger partial charge in [-0.15, -0.1) is 11.3 Å². The number of nitrogens with zero attached hydrogens (tertiary/aromatic N) is 1. The first kappa shape index (κ1) is 13.1. The van der Waals surface area contributed by atoms with Crippen molar-refractivity contribution in [1.29, 1.82) is 0 Å². The smallest absolute Gasteiger partial charge is 0.265 e. The van der Waals surface area contributed by atoms with E-state index in [9.17, 15) is 8.42 Å². The molecular weight excluding hydrogens is 294 g/mol. The Morgan fingerprint density at radius 2 is 2.05 bits per heavy atom. The molecule has 0 aliphatic rings. The summed E-state index contributed by atoms with van der Waals surface area (Å²) in [5.41, 5.74) is 1.55. The van der Waals surface area contributed by atoms with Gasteiger partial charge in [-0.25, -0.2) is 8.42 Å². The fourth-order valence-corrected chi connectivity index (χ4v) is 4.37. The van der Waals surface area contributed by atoms with Crippen LogP contribution in [0.4, 0.5) is 5.69 Å². The molecule has 0 unspecified atom stereocenters. The molecule has 0 amide bonds. The Morgan fingerprint density at radius 3 is 2.75 bits per heavy atom. The van der Waals surface area contributed by atoms with Crippen molar-refractivity contribution in [1.82, 2.24) is 10.2 Å². The number of hydrogen-bond acceptors (Lipinski definition) is 4. The topological polar surface area (TPSA) is 74.8 Å². The molecule has 0 bridgehead atoms. The molecule has 3 aromatic rings. The van der Waals surface area contributed by atoms with Crippen LogP contribution in [0.3, 0.4) is 0 Å². The quantitative estimate of drug-likeness (QED) is 0.781. The summed E-state index contributed by atoms with van der Waals surface area (Å²) in [7, 11) is -3.62. The van der Waals surface area contributed by atoms with E-state index in [0.29, 0.717) is 17.1 Å². The van der Waals surface area contributed by atoms with E-state index in [-0.39, 0.29) is 4.90 Å². The van der Waals surface area contributed by atoms with E-state index in [0.717, 1.165) is 10.1 Å². The molecule has 2 N–H and O–H groups in total. The largest absolute Gasteiger partial charge is 0.281 e. The monoisotopic (exact) mass is 307 g/mol. The van der Waals surface area contributed by atoms with Gasteiger partial charge in [0, 0.05) is 10.4 Å². The maximum absolute atomic E-state index is 12.4. The molecule has 0 saturated heterocycles. The Hall–Kier alpha value is -1.86. The molecule has 2 aromatic heterocycles. The zero-order chi connectivity index (χ0) is 14.3. The third-order valence-electron chi connectivity index (χ3n) is 3.03. The molecule has 7 heteroatoms. The molecule has 3 rings (SSSR count). The zero-order valence-electron chi connectivity index (χ0n) is 11.0. The number of thiophene rings is 1. The fourth-order valence-electron chi connectivity index (χ4n) is 2.17. The molecule has 0 saturated carbocycles. The van der Waals surface area contributed by atoms with Crippen LogP contribution in [0.15, 0.2) is 34.5 Å². The first-order valence-electron chi connectivity index (χ1n) is 5.99. The van der Waals surface area contributed by atoms with Crippen molar-refractivity contribution in [3.05, 3.63) is 41.0 Å². The van der Waals surface area contributed by atoms with Gasteiger partial charge in [-0.1, -0.05) is 0 Å². The minimum Gasteiger partial charge on any atom is -0.281 e. The van der Waals surface area contributed by atoms with E-state index in [1.165, 1.54) is 0 Å². The van der Waals surface area contributed by atoms with Crippen molar-refractivity contribution >= 4 is 37.1 Å². The number of anilines is 1. The Labute approximate surface area is 120 Å². The summed E-state index contributed by atoms with van der Waals surface area (Å²) in [6.45, 7) is 3.36. The van der Waals surface area contributed by atoms with E-state index in [2.05, 4.69) is 14.9 Å². The second-order valence-electron chi connectivity index (χ2n) is 4.54. The summed E-state index contributed by atoms with van der Waals surface area (Å²) in [4.78, 5) is 0.211. The van der Waals surface area contributed by atoms with Gasteiger partial charge < -0.3 is 0 Å². The lowest BCUT2D eigenvalue weighted by Crippen LogP contribution is -2.14. The predicted octanol–water partition coefficient (Wildman–Crippen LogP) is 3.04. The van der Waals surface area contributed by atoms with Crippen LogP contribution in [0.1, 0.15) is 11.4 Å². The minimum atomic E-state index is -3.62. The van der Waals surface area contributed by atoms with E-state index in [4.69, 9.17) is 0 Å². The van der Waals surface area contributed by atoms with Crippen LogP contribution >= 0.6 is 11.3 Å². The SMILES string of the molecule is Cc1n[nH]c(C)c1S(=O)(=O)Nc1ccc2sccc2c1. The molecule has 1 aromatic carbocycles. The maximum Gasteiger partial charge on any atom is 0.265 e. The number of hydrogen-bond donors (Lipinski definition) is 2. The second kappa shape index (κ2) is 4.60. The van der Waals surface area contributed by atoms with Crippen molar-refractivity contribution in [2.75, 3.05) is 4.72 Å². The minimum absolute atomic E-state index is 0.211. The number of sulfonamides is 1. The number of fused-ring (bicyclic) bond motifs is 1. The number of aromatic amines is 1. The van der Waals surface area contributed by atoms with Crippen molar-refractivity contribution in [3.63, 3.8) is 0 Å². The van der Waals surface area contributed by atoms with Gasteiger partial charge in [0.2, 0.25) is 0 Å². The number of H-pyrrole nitrogens is 1. The molecule has 104 valence electrons. The van der Waals surface area contributed by atoms with Crippen molar-refractivity contribution in [2.24, 2.45) is 0 Å². The first-order chi connectivity index (χ1) is 9.47. The molecule has 5 nitrogen and oxygen atoms in total. The molecule has 0 aliphatic carbocycles. The Morgan fingerprint density at radius 1 is 1.25 bits per heavy atom. The van der Waals surface area contributed by atoms with Gasteiger partial charge in [-0.05, 0) is 48.9 Å². The number of rotatable bonds is 3. The first-order valence-corrected chi connectivity index (χ1v) is 8.35. The van der Waals surface area contributed by atoms with Crippen LogP contribution < -0.4 is 4.72 Å². The van der Waals surface area contributed by atoms with Gasteiger partial charge in [-0.3, -0.25) is 9.82 Å². The van der Waals surface area contributed by atoms with Gasteiger partial charge in [0.15, 0.2) is 0 Å². The highest BCUT2D eigenvalue weighted by atomic mass is 32.2.